The molecule has 0 unspecified atom stereocenters. The zero-order valence-corrected chi connectivity index (χ0v) is 9.22. The first-order valence-corrected chi connectivity index (χ1v) is 4.99. The van der Waals surface area contributed by atoms with Crippen molar-refractivity contribution in [2.45, 2.75) is 13.8 Å². The van der Waals surface area contributed by atoms with E-state index in [1.165, 1.54) is 10.9 Å². The molecule has 0 spiro atoms. The molecule has 1 aromatic heterocycles. The van der Waals surface area contributed by atoms with Crippen LogP contribution in [0, 0.1) is 13.8 Å². The third kappa shape index (κ3) is 1.59. The second kappa shape index (κ2) is 3.11. The van der Waals surface area contributed by atoms with Crippen molar-refractivity contribution < 1.29 is 0 Å². The van der Waals surface area contributed by atoms with Gasteiger partial charge in [-0.1, -0.05) is 15.9 Å². The van der Waals surface area contributed by atoms with Crippen LogP contribution in [0.25, 0.3) is 10.9 Å². The first-order valence-electron chi connectivity index (χ1n) is 4.20. The van der Waals surface area contributed by atoms with Gasteiger partial charge in [-0.25, -0.2) is 0 Å². The van der Waals surface area contributed by atoms with Crippen molar-refractivity contribution in [3.8, 4) is 0 Å². The summed E-state index contributed by atoms with van der Waals surface area (Å²) in [4.78, 5) is 4.47. The Balaban J connectivity index is 2.86. The SMILES string of the molecule is Cc1cc(Br)c2ccc(C)nc2c1. The smallest absolute Gasteiger partial charge is 0.0719 e. The van der Waals surface area contributed by atoms with Crippen molar-refractivity contribution in [1.29, 1.82) is 0 Å². The van der Waals surface area contributed by atoms with Crippen molar-refractivity contribution in [2.75, 3.05) is 0 Å². The average molecular weight is 236 g/mol. The fourth-order valence-electron chi connectivity index (χ4n) is 1.42. The summed E-state index contributed by atoms with van der Waals surface area (Å²) >= 11 is 3.53. The number of hydrogen-bond donors (Lipinski definition) is 0. The lowest BCUT2D eigenvalue weighted by Gasteiger charge is -2.02. The van der Waals surface area contributed by atoms with Crippen LogP contribution in [-0.4, -0.2) is 4.98 Å². The van der Waals surface area contributed by atoms with E-state index in [9.17, 15) is 0 Å². The van der Waals surface area contributed by atoms with Crippen LogP contribution in [0.2, 0.25) is 0 Å². The molecule has 1 nitrogen and oxygen atoms in total. The van der Waals surface area contributed by atoms with E-state index >= 15 is 0 Å². The van der Waals surface area contributed by atoms with Gasteiger partial charge in [-0.2, -0.15) is 0 Å². The molecule has 2 heteroatoms. The van der Waals surface area contributed by atoms with Gasteiger partial charge in [0.25, 0.3) is 0 Å². The van der Waals surface area contributed by atoms with Crippen molar-refractivity contribution in [1.82, 2.24) is 4.98 Å². The Morgan fingerprint density at radius 3 is 2.69 bits per heavy atom. The number of hydrogen-bond acceptors (Lipinski definition) is 1. The molecule has 2 rings (SSSR count). The van der Waals surface area contributed by atoms with Crippen molar-refractivity contribution in [3.05, 3.63) is 40.0 Å². The summed E-state index contributed by atoms with van der Waals surface area (Å²) in [6.07, 6.45) is 0. The molecule has 0 aliphatic heterocycles. The molecule has 1 heterocycles. The zero-order valence-electron chi connectivity index (χ0n) is 7.63. The van der Waals surface area contributed by atoms with E-state index in [-0.39, 0.29) is 0 Å². The van der Waals surface area contributed by atoms with Gasteiger partial charge in [-0.3, -0.25) is 4.98 Å². The van der Waals surface area contributed by atoms with E-state index in [0.717, 1.165) is 15.7 Å². The quantitative estimate of drug-likeness (QED) is 0.680. The van der Waals surface area contributed by atoms with Gasteiger partial charge in [0.2, 0.25) is 0 Å². The third-order valence-electron chi connectivity index (χ3n) is 2.04. The second-order valence-corrected chi connectivity index (χ2v) is 4.12. The lowest BCUT2D eigenvalue weighted by molar-refractivity contribution is 1.25. The number of halogens is 1. The summed E-state index contributed by atoms with van der Waals surface area (Å²) in [6.45, 7) is 4.09. The molecule has 0 saturated heterocycles. The van der Waals surface area contributed by atoms with Gasteiger partial charge in [0.15, 0.2) is 0 Å². The average Bonchev–Trinajstić information content (AvgIpc) is 2.02. The van der Waals surface area contributed by atoms with Crippen LogP contribution < -0.4 is 0 Å². The highest BCUT2D eigenvalue weighted by molar-refractivity contribution is 9.10. The molecule has 0 bridgehead atoms. The van der Waals surface area contributed by atoms with Crippen molar-refractivity contribution in [3.63, 3.8) is 0 Å². The number of aryl methyl sites for hydroxylation is 2. The Kier molecular flexibility index (Phi) is 2.08. The Morgan fingerprint density at radius 1 is 1.15 bits per heavy atom. The maximum absolute atomic E-state index is 4.47. The van der Waals surface area contributed by atoms with Crippen LogP contribution in [0.15, 0.2) is 28.7 Å². The minimum Gasteiger partial charge on any atom is -0.253 e. The molecule has 0 aliphatic rings. The predicted molar refractivity (Wildman–Crippen MR) is 58.9 cm³/mol. The van der Waals surface area contributed by atoms with E-state index in [2.05, 4.69) is 46.0 Å². The first-order chi connectivity index (χ1) is 6.16. The Morgan fingerprint density at radius 2 is 1.92 bits per heavy atom. The number of rotatable bonds is 0. The van der Waals surface area contributed by atoms with Crippen LogP contribution in [0.1, 0.15) is 11.3 Å². The molecule has 1 aromatic carbocycles. The van der Waals surface area contributed by atoms with E-state index in [1.807, 2.05) is 13.0 Å². The Bertz CT molecular complexity index is 458. The van der Waals surface area contributed by atoms with E-state index < -0.39 is 0 Å². The van der Waals surface area contributed by atoms with Crippen molar-refractivity contribution >= 4 is 26.8 Å². The standard InChI is InChI=1S/C11H10BrN/c1-7-5-10(12)9-4-3-8(2)13-11(9)6-7/h3-6H,1-2H3. The maximum atomic E-state index is 4.47. The van der Waals surface area contributed by atoms with Crippen molar-refractivity contribution in [2.24, 2.45) is 0 Å². The number of benzene rings is 1. The van der Waals surface area contributed by atoms with Gasteiger partial charge < -0.3 is 0 Å². The fraction of sp³-hybridized carbons (Fsp3) is 0.182. The number of aromatic nitrogens is 1. The van der Waals surface area contributed by atoms with Gasteiger partial charge in [0, 0.05) is 15.6 Å². The third-order valence-corrected chi connectivity index (χ3v) is 2.70. The minimum atomic E-state index is 1.06. The minimum absolute atomic E-state index is 1.06. The molecule has 66 valence electrons. The molecular weight excluding hydrogens is 226 g/mol. The van der Waals surface area contributed by atoms with E-state index in [1.54, 1.807) is 0 Å². The van der Waals surface area contributed by atoms with Gasteiger partial charge in [0.05, 0.1) is 5.52 Å². The summed E-state index contributed by atoms with van der Waals surface area (Å²) in [7, 11) is 0. The maximum Gasteiger partial charge on any atom is 0.0719 e. The zero-order chi connectivity index (χ0) is 9.42. The largest absolute Gasteiger partial charge is 0.253 e. The number of pyridine rings is 1. The summed E-state index contributed by atoms with van der Waals surface area (Å²) < 4.78 is 1.12. The van der Waals surface area contributed by atoms with Gasteiger partial charge in [-0.15, -0.1) is 0 Å². The van der Waals surface area contributed by atoms with Crippen LogP contribution in [-0.2, 0) is 0 Å². The molecule has 2 aromatic rings. The second-order valence-electron chi connectivity index (χ2n) is 3.27. The monoisotopic (exact) mass is 235 g/mol. The van der Waals surface area contributed by atoms with Gasteiger partial charge >= 0.3 is 0 Å². The van der Waals surface area contributed by atoms with Crippen LogP contribution in [0.3, 0.4) is 0 Å². The summed E-state index contributed by atoms with van der Waals surface area (Å²) in [6, 6.07) is 8.34. The van der Waals surface area contributed by atoms with Gasteiger partial charge in [-0.05, 0) is 43.7 Å². The van der Waals surface area contributed by atoms with Crippen LogP contribution in [0.4, 0.5) is 0 Å². The molecular formula is C11H10BrN. The number of nitrogens with zero attached hydrogens (tertiary/aromatic N) is 1. The lowest BCUT2D eigenvalue weighted by Crippen LogP contribution is -1.85. The van der Waals surface area contributed by atoms with Crippen LogP contribution >= 0.6 is 15.9 Å². The molecule has 0 amide bonds. The highest BCUT2D eigenvalue weighted by Gasteiger charge is 2.00. The fourth-order valence-corrected chi connectivity index (χ4v) is 2.12. The highest BCUT2D eigenvalue weighted by Crippen LogP contribution is 2.24. The normalized spacial score (nSPS) is 10.7. The summed E-state index contributed by atoms with van der Waals surface area (Å²) in [5.74, 6) is 0. The molecule has 0 saturated carbocycles. The Labute approximate surface area is 85.9 Å². The Hall–Kier alpha value is -0.890. The van der Waals surface area contributed by atoms with E-state index in [4.69, 9.17) is 0 Å². The molecule has 0 atom stereocenters. The van der Waals surface area contributed by atoms with E-state index in [0.29, 0.717) is 0 Å². The molecule has 0 N–H and O–H groups in total. The lowest BCUT2D eigenvalue weighted by atomic mass is 10.1. The molecule has 13 heavy (non-hydrogen) atoms. The summed E-state index contributed by atoms with van der Waals surface area (Å²) in [5.41, 5.74) is 3.36. The first kappa shape index (κ1) is 8.70. The topological polar surface area (TPSA) is 12.9 Å². The molecule has 0 radical (unpaired) electrons. The van der Waals surface area contributed by atoms with Gasteiger partial charge in [0.1, 0.15) is 0 Å². The highest BCUT2D eigenvalue weighted by atomic mass is 79.9. The van der Waals surface area contributed by atoms with Crippen LogP contribution in [0.5, 0.6) is 0 Å². The number of fused-ring (bicyclic) bond motifs is 1. The molecule has 0 aliphatic carbocycles. The summed E-state index contributed by atoms with van der Waals surface area (Å²) in [5, 5.41) is 1.18. The molecule has 0 fully saturated rings. The predicted octanol–water partition coefficient (Wildman–Crippen LogP) is 3.61.